The molecule has 0 bridgehead atoms. The van der Waals surface area contributed by atoms with Gasteiger partial charge in [0.15, 0.2) is 0 Å². The van der Waals surface area contributed by atoms with E-state index in [0.717, 1.165) is 10.5 Å². The van der Waals surface area contributed by atoms with Crippen molar-refractivity contribution in [2.45, 2.75) is 4.90 Å². The van der Waals surface area contributed by atoms with Crippen LogP contribution in [-0.2, 0) is 25.3 Å². The molecule has 50 valence electrons. The van der Waals surface area contributed by atoms with Gasteiger partial charge in [0.25, 0.3) is 0 Å². The Morgan fingerprint density at radius 1 is 1.08 bits per heavy atom. The van der Waals surface area contributed by atoms with E-state index in [-0.39, 0.29) is 37.7 Å². The zero-order chi connectivity index (χ0) is 7.40. The number of hydrogen-bond donors (Lipinski definition) is 0. The SMILES string of the molecule is [Li+].[Li+].[S-]C#Cc1ccccc1[S-]. The monoisotopic (exact) mass is 178 g/mol. The molecule has 0 aliphatic carbocycles. The summed E-state index contributed by atoms with van der Waals surface area (Å²) in [6, 6.07) is 7.48. The van der Waals surface area contributed by atoms with Crippen LogP contribution in [0.15, 0.2) is 29.2 Å². The van der Waals surface area contributed by atoms with Gasteiger partial charge in [0.2, 0.25) is 0 Å². The second kappa shape index (κ2) is 8.03. The molecule has 4 heteroatoms. The predicted molar refractivity (Wildman–Crippen MR) is 46.3 cm³/mol. The summed E-state index contributed by atoms with van der Waals surface area (Å²) in [7, 11) is 0. The second-order valence-electron chi connectivity index (χ2n) is 1.72. The molecular weight excluding hydrogens is 174 g/mol. The molecule has 0 N–H and O–H groups in total. The van der Waals surface area contributed by atoms with Crippen LogP contribution in [0, 0.1) is 11.2 Å². The van der Waals surface area contributed by atoms with Crippen LogP contribution in [0.5, 0.6) is 0 Å². The van der Waals surface area contributed by atoms with E-state index >= 15 is 0 Å². The number of hydrogen-bond acceptors (Lipinski definition) is 2. The van der Waals surface area contributed by atoms with Gasteiger partial charge in [-0.3, -0.25) is 0 Å². The summed E-state index contributed by atoms with van der Waals surface area (Å²) in [4.78, 5) is 0.764. The maximum absolute atomic E-state index is 4.97. The van der Waals surface area contributed by atoms with Crippen molar-refractivity contribution in [1.82, 2.24) is 0 Å². The first-order valence-corrected chi connectivity index (χ1v) is 3.55. The van der Waals surface area contributed by atoms with Crippen molar-refractivity contribution < 1.29 is 37.7 Å². The summed E-state index contributed by atoms with van der Waals surface area (Å²) in [6.45, 7) is 0. The van der Waals surface area contributed by atoms with Crippen molar-refractivity contribution in [3.8, 4) is 11.2 Å². The van der Waals surface area contributed by atoms with Gasteiger partial charge >= 0.3 is 37.7 Å². The summed E-state index contributed by atoms with van der Waals surface area (Å²) in [5, 5.41) is 2.39. The molecular formula is C8H4Li2S2. The van der Waals surface area contributed by atoms with Crippen molar-refractivity contribution in [3.63, 3.8) is 0 Å². The van der Waals surface area contributed by atoms with Gasteiger partial charge < -0.3 is 25.3 Å². The average molecular weight is 178 g/mol. The largest absolute Gasteiger partial charge is 1.00 e. The minimum absolute atomic E-state index is 0. The third-order valence-electron chi connectivity index (χ3n) is 1.07. The molecule has 0 fully saturated rings. The van der Waals surface area contributed by atoms with Crippen molar-refractivity contribution in [1.29, 1.82) is 0 Å². The van der Waals surface area contributed by atoms with Crippen LogP contribution in [0.3, 0.4) is 0 Å². The van der Waals surface area contributed by atoms with Gasteiger partial charge in [0.1, 0.15) is 0 Å². The molecule has 0 radical (unpaired) electrons. The van der Waals surface area contributed by atoms with Crippen molar-refractivity contribution in [3.05, 3.63) is 29.8 Å². The zero-order valence-electron chi connectivity index (χ0n) is 7.13. The van der Waals surface area contributed by atoms with Crippen molar-refractivity contribution >= 4 is 25.3 Å². The molecule has 0 aromatic heterocycles. The molecule has 1 aromatic carbocycles. The molecule has 0 saturated carbocycles. The first-order valence-electron chi connectivity index (χ1n) is 2.74. The van der Waals surface area contributed by atoms with Crippen molar-refractivity contribution in [2.75, 3.05) is 0 Å². The predicted octanol–water partition coefficient (Wildman–Crippen LogP) is -4.54. The van der Waals surface area contributed by atoms with E-state index in [1.165, 1.54) is 0 Å². The fraction of sp³-hybridized carbons (Fsp3) is 0. The molecule has 0 nitrogen and oxygen atoms in total. The Morgan fingerprint density at radius 3 is 2.17 bits per heavy atom. The minimum atomic E-state index is 0. The Morgan fingerprint density at radius 2 is 1.67 bits per heavy atom. The number of benzene rings is 1. The molecule has 0 aliphatic rings. The first kappa shape index (κ1) is 14.9. The Kier molecular flexibility index (Phi) is 9.98. The standard InChI is InChI=1S/C8H6S2.2Li/c9-6-5-7-3-1-2-4-8(7)10;;/h1-4,9-10H;;/q;2*+1/p-2. The topological polar surface area (TPSA) is 0 Å². The normalized spacial score (nSPS) is 6.67. The molecule has 0 aliphatic heterocycles. The van der Waals surface area contributed by atoms with Gasteiger partial charge in [-0.25, -0.2) is 5.25 Å². The Hall–Kier alpha value is 0.415. The van der Waals surface area contributed by atoms with E-state index in [4.69, 9.17) is 12.6 Å². The smallest absolute Gasteiger partial charge is 0.779 e. The molecule has 12 heavy (non-hydrogen) atoms. The van der Waals surface area contributed by atoms with Crippen molar-refractivity contribution in [2.24, 2.45) is 0 Å². The van der Waals surface area contributed by atoms with Gasteiger partial charge in [-0.1, -0.05) is 24.1 Å². The fourth-order valence-corrected chi connectivity index (χ4v) is 0.932. The molecule has 0 unspecified atom stereocenters. The quantitative estimate of drug-likeness (QED) is 0.223. The van der Waals surface area contributed by atoms with E-state index in [1.54, 1.807) is 0 Å². The molecule has 0 atom stereocenters. The molecule has 0 amide bonds. The summed E-state index contributed by atoms with van der Waals surface area (Å²) in [5.41, 5.74) is 0.840. The average Bonchev–Trinajstić information content (AvgIpc) is 1.94. The Labute approximate surface area is 108 Å². The van der Waals surface area contributed by atoms with E-state index in [2.05, 4.69) is 23.8 Å². The van der Waals surface area contributed by atoms with Crippen LogP contribution in [0.25, 0.3) is 0 Å². The minimum Gasteiger partial charge on any atom is -0.779 e. The number of rotatable bonds is 0. The van der Waals surface area contributed by atoms with E-state index in [9.17, 15) is 0 Å². The fourth-order valence-electron chi connectivity index (χ4n) is 0.625. The Balaban J connectivity index is 0. The summed E-state index contributed by atoms with van der Waals surface area (Å²) in [6.07, 6.45) is 0. The van der Waals surface area contributed by atoms with E-state index in [1.807, 2.05) is 24.3 Å². The molecule has 0 saturated heterocycles. The van der Waals surface area contributed by atoms with E-state index in [0.29, 0.717) is 0 Å². The van der Waals surface area contributed by atoms with Crippen LogP contribution in [0.2, 0.25) is 0 Å². The maximum Gasteiger partial charge on any atom is 1.00 e. The Bertz CT molecular complexity index is 289. The van der Waals surface area contributed by atoms with Crippen LogP contribution in [0.4, 0.5) is 0 Å². The van der Waals surface area contributed by atoms with Crippen LogP contribution in [-0.4, -0.2) is 0 Å². The van der Waals surface area contributed by atoms with E-state index < -0.39 is 0 Å². The molecule has 1 rings (SSSR count). The first-order chi connectivity index (χ1) is 4.84. The third kappa shape index (κ3) is 4.44. The molecule has 0 spiro atoms. The van der Waals surface area contributed by atoms with Gasteiger partial charge in [-0.15, -0.1) is 0 Å². The van der Waals surface area contributed by atoms with Gasteiger partial charge in [0, 0.05) is 5.56 Å². The summed E-state index contributed by atoms with van der Waals surface area (Å²) < 4.78 is 0. The van der Waals surface area contributed by atoms with Crippen LogP contribution < -0.4 is 37.7 Å². The van der Waals surface area contributed by atoms with Crippen LogP contribution >= 0.6 is 0 Å². The molecule has 1 aromatic rings. The summed E-state index contributed by atoms with van der Waals surface area (Å²) >= 11 is 9.45. The zero-order valence-corrected chi connectivity index (χ0v) is 8.76. The maximum atomic E-state index is 4.97. The van der Waals surface area contributed by atoms with Gasteiger partial charge in [0.05, 0.1) is 0 Å². The van der Waals surface area contributed by atoms with Gasteiger partial charge in [-0.2, -0.15) is 4.90 Å². The third-order valence-corrected chi connectivity index (χ3v) is 1.53. The van der Waals surface area contributed by atoms with Gasteiger partial charge in [-0.05, 0) is 6.07 Å². The summed E-state index contributed by atoms with van der Waals surface area (Å²) in [5.74, 6) is 2.74. The van der Waals surface area contributed by atoms with Crippen LogP contribution in [0.1, 0.15) is 5.56 Å². The molecule has 0 heterocycles. The second-order valence-corrected chi connectivity index (χ2v) is 2.37.